The predicted octanol–water partition coefficient (Wildman–Crippen LogP) is 3.21. The van der Waals surface area contributed by atoms with E-state index in [4.69, 9.17) is 14.2 Å². The molecule has 0 unspecified atom stereocenters. The second kappa shape index (κ2) is 10.1. The summed E-state index contributed by atoms with van der Waals surface area (Å²) in [6.07, 6.45) is 2.09. The van der Waals surface area contributed by atoms with Crippen molar-refractivity contribution in [2.75, 3.05) is 25.6 Å². The van der Waals surface area contributed by atoms with Gasteiger partial charge in [0.15, 0.2) is 0 Å². The Morgan fingerprint density at radius 1 is 1.20 bits per heavy atom. The summed E-state index contributed by atoms with van der Waals surface area (Å²) in [6.45, 7) is 10.5. The zero-order valence-electron chi connectivity index (χ0n) is 16.1. The van der Waals surface area contributed by atoms with Crippen LogP contribution in [0.1, 0.15) is 41.0 Å². The standard InChI is InChI=1S/C18H31N3O4/c1-13(11-14(2)21-17(22)25-18(3,4)5)20-15-7-8-16(19-12-15)24-10-9-23-6/h7-8,12-14,20H,9-11H2,1-6H3,(H,21,22)/t13-,14+/m1/s1. The molecule has 1 aromatic heterocycles. The summed E-state index contributed by atoms with van der Waals surface area (Å²) in [5.41, 5.74) is 0.405. The van der Waals surface area contributed by atoms with E-state index < -0.39 is 11.7 Å². The molecule has 25 heavy (non-hydrogen) atoms. The summed E-state index contributed by atoms with van der Waals surface area (Å²) >= 11 is 0. The Hall–Kier alpha value is -2.02. The third-order valence-electron chi connectivity index (χ3n) is 3.16. The first-order chi connectivity index (χ1) is 11.7. The van der Waals surface area contributed by atoms with Crippen LogP contribution in [-0.4, -0.2) is 49.1 Å². The third kappa shape index (κ3) is 9.76. The van der Waals surface area contributed by atoms with Crippen molar-refractivity contribution >= 4 is 11.8 Å². The van der Waals surface area contributed by atoms with E-state index in [0.717, 1.165) is 12.1 Å². The van der Waals surface area contributed by atoms with Crippen LogP contribution in [0.5, 0.6) is 5.88 Å². The van der Waals surface area contributed by atoms with Crippen LogP contribution < -0.4 is 15.4 Å². The fourth-order valence-electron chi connectivity index (χ4n) is 2.22. The minimum Gasteiger partial charge on any atom is -0.475 e. The first-order valence-electron chi connectivity index (χ1n) is 8.53. The Balaban J connectivity index is 2.37. The van der Waals surface area contributed by atoms with Crippen LogP contribution in [0.25, 0.3) is 0 Å². The average molecular weight is 353 g/mol. The van der Waals surface area contributed by atoms with Crippen molar-refractivity contribution < 1.29 is 19.0 Å². The highest BCUT2D eigenvalue weighted by Crippen LogP contribution is 2.14. The number of nitrogens with zero attached hydrogens (tertiary/aromatic N) is 1. The highest BCUT2D eigenvalue weighted by Gasteiger charge is 2.18. The Morgan fingerprint density at radius 3 is 2.48 bits per heavy atom. The molecule has 0 saturated heterocycles. The van der Waals surface area contributed by atoms with E-state index in [1.54, 1.807) is 13.3 Å². The fourth-order valence-corrected chi connectivity index (χ4v) is 2.22. The van der Waals surface area contributed by atoms with E-state index in [0.29, 0.717) is 19.1 Å². The maximum Gasteiger partial charge on any atom is 0.407 e. The summed E-state index contributed by atoms with van der Waals surface area (Å²) < 4.78 is 15.6. The van der Waals surface area contributed by atoms with Gasteiger partial charge in [-0.1, -0.05) is 0 Å². The number of alkyl carbamates (subject to hydrolysis) is 1. The lowest BCUT2D eigenvalue weighted by Gasteiger charge is -2.24. The molecular formula is C18H31N3O4. The molecule has 0 bridgehead atoms. The van der Waals surface area contributed by atoms with Gasteiger partial charge >= 0.3 is 6.09 Å². The van der Waals surface area contributed by atoms with Crippen LogP contribution in [0.2, 0.25) is 0 Å². The summed E-state index contributed by atoms with van der Waals surface area (Å²) in [6, 6.07) is 3.87. The largest absolute Gasteiger partial charge is 0.475 e. The SMILES string of the molecule is COCCOc1ccc(N[C@H](C)C[C@H](C)NC(=O)OC(C)(C)C)cn1. The van der Waals surface area contributed by atoms with Gasteiger partial charge in [-0.2, -0.15) is 0 Å². The van der Waals surface area contributed by atoms with E-state index in [1.165, 1.54) is 0 Å². The molecule has 0 aromatic carbocycles. The van der Waals surface area contributed by atoms with Crippen LogP contribution in [0.15, 0.2) is 18.3 Å². The molecule has 142 valence electrons. The van der Waals surface area contributed by atoms with Crippen LogP contribution in [0.3, 0.4) is 0 Å². The first-order valence-corrected chi connectivity index (χ1v) is 8.53. The number of amides is 1. The minimum atomic E-state index is -0.494. The molecule has 1 heterocycles. The van der Waals surface area contributed by atoms with Crippen molar-refractivity contribution in [2.24, 2.45) is 0 Å². The smallest absolute Gasteiger partial charge is 0.407 e. The van der Waals surface area contributed by atoms with Gasteiger partial charge in [-0.15, -0.1) is 0 Å². The lowest BCUT2D eigenvalue weighted by Crippen LogP contribution is -2.39. The minimum absolute atomic E-state index is 0.0121. The highest BCUT2D eigenvalue weighted by molar-refractivity contribution is 5.68. The molecular weight excluding hydrogens is 322 g/mol. The monoisotopic (exact) mass is 353 g/mol. The van der Waals surface area contributed by atoms with Crippen molar-refractivity contribution in [3.8, 4) is 5.88 Å². The summed E-state index contributed by atoms with van der Waals surface area (Å²) in [5.74, 6) is 0.565. The quantitative estimate of drug-likeness (QED) is 0.664. The highest BCUT2D eigenvalue weighted by atomic mass is 16.6. The Kier molecular flexibility index (Phi) is 8.48. The number of ether oxygens (including phenoxy) is 3. The van der Waals surface area contributed by atoms with Gasteiger partial charge in [-0.05, 0) is 47.1 Å². The molecule has 1 amide bonds. The Bertz CT molecular complexity index is 514. The lowest BCUT2D eigenvalue weighted by atomic mass is 10.1. The molecule has 0 spiro atoms. The van der Waals surface area contributed by atoms with Crippen LogP contribution in [0.4, 0.5) is 10.5 Å². The van der Waals surface area contributed by atoms with Crippen LogP contribution in [0, 0.1) is 0 Å². The van der Waals surface area contributed by atoms with Gasteiger partial charge in [0.25, 0.3) is 0 Å². The molecule has 2 atom stereocenters. The zero-order chi connectivity index (χ0) is 18.9. The number of hydrogen-bond acceptors (Lipinski definition) is 6. The number of carbonyl (C=O) groups is 1. The van der Waals surface area contributed by atoms with Crippen molar-refractivity contribution in [3.05, 3.63) is 18.3 Å². The number of methoxy groups -OCH3 is 1. The molecule has 0 saturated carbocycles. The van der Waals surface area contributed by atoms with Gasteiger partial charge < -0.3 is 24.8 Å². The predicted molar refractivity (Wildman–Crippen MR) is 98.1 cm³/mol. The van der Waals surface area contributed by atoms with Crippen molar-refractivity contribution in [3.63, 3.8) is 0 Å². The number of rotatable bonds is 9. The van der Waals surface area contributed by atoms with Crippen molar-refractivity contribution in [1.82, 2.24) is 10.3 Å². The number of anilines is 1. The number of pyridine rings is 1. The maximum atomic E-state index is 11.8. The van der Waals surface area contributed by atoms with Crippen LogP contribution >= 0.6 is 0 Å². The molecule has 1 aromatic rings. The van der Waals surface area contributed by atoms with E-state index in [9.17, 15) is 4.79 Å². The fraction of sp³-hybridized carbons (Fsp3) is 0.667. The number of aromatic nitrogens is 1. The molecule has 0 aliphatic rings. The normalized spacial score (nSPS) is 13.7. The first kappa shape index (κ1) is 21.0. The summed E-state index contributed by atoms with van der Waals surface area (Å²) in [4.78, 5) is 16.0. The molecule has 2 N–H and O–H groups in total. The van der Waals surface area contributed by atoms with E-state index in [2.05, 4.69) is 22.5 Å². The topological polar surface area (TPSA) is 81.7 Å². The second-order valence-corrected chi connectivity index (χ2v) is 7.05. The lowest BCUT2D eigenvalue weighted by molar-refractivity contribution is 0.0506. The van der Waals surface area contributed by atoms with Gasteiger partial charge in [-0.25, -0.2) is 9.78 Å². The van der Waals surface area contributed by atoms with E-state index >= 15 is 0 Å². The van der Waals surface area contributed by atoms with Crippen LogP contribution in [-0.2, 0) is 9.47 Å². The number of hydrogen-bond donors (Lipinski definition) is 2. The molecule has 7 heteroatoms. The molecule has 0 aliphatic heterocycles. The average Bonchev–Trinajstić information content (AvgIpc) is 2.46. The molecule has 0 aliphatic carbocycles. The van der Waals surface area contributed by atoms with Crippen molar-refractivity contribution in [2.45, 2.75) is 58.7 Å². The number of nitrogens with one attached hydrogen (secondary N) is 2. The van der Waals surface area contributed by atoms with E-state index in [-0.39, 0.29) is 12.1 Å². The second-order valence-electron chi connectivity index (χ2n) is 7.05. The summed E-state index contributed by atoms with van der Waals surface area (Å²) in [5, 5.41) is 6.20. The summed E-state index contributed by atoms with van der Waals surface area (Å²) in [7, 11) is 1.63. The third-order valence-corrected chi connectivity index (χ3v) is 3.16. The number of carbonyl (C=O) groups excluding carboxylic acids is 1. The Labute approximate surface area is 150 Å². The van der Waals surface area contributed by atoms with Gasteiger partial charge in [0.05, 0.1) is 18.5 Å². The molecule has 7 nitrogen and oxygen atoms in total. The molecule has 0 fully saturated rings. The van der Waals surface area contributed by atoms with E-state index in [1.807, 2.05) is 39.8 Å². The zero-order valence-corrected chi connectivity index (χ0v) is 16.1. The molecule has 1 rings (SSSR count). The molecule has 0 radical (unpaired) electrons. The van der Waals surface area contributed by atoms with Gasteiger partial charge in [0.2, 0.25) is 5.88 Å². The van der Waals surface area contributed by atoms with Crippen molar-refractivity contribution in [1.29, 1.82) is 0 Å². The Morgan fingerprint density at radius 2 is 1.92 bits per heavy atom. The van der Waals surface area contributed by atoms with Gasteiger partial charge in [-0.3, -0.25) is 0 Å². The maximum absolute atomic E-state index is 11.8. The van der Waals surface area contributed by atoms with Gasteiger partial charge in [0, 0.05) is 25.3 Å². The van der Waals surface area contributed by atoms with Gasteiger partial charge in [0.1, 0.15) is 12.2 Å².